The van der Waals surface area contributed by atoms with Crippen LogP contribution < -0.4 is 14.9 Å². The fourth-order valence-corrected chi connectivity index (χ4v) is 5.49. The van der Waals surface area contributed by atoms with Crippen molar-refractivity contribution in [1.29, 1.82) is 0 Å². The monoisotopic (exact) mass is 592 g/mol. The maximum atomic E-state index is 14.0. The Kier molecular flexibility index (Phi) is 8.22. The average molecular weight is 594 g/mol. The molecule has 4 rings (SSSR count). The second kappa shape index (κ2) is 11.3. The van der Waals surface area contributed by atoms with E-state index in [2.05, 4.69) is 21.4 Å². The maximum absolute atomic E-state index is 14.0. The number of hydrogen-bond acceptors (Lipinski definition) is 7. The zero-order chi connectivity index (χ0) is 24.9. The number of halogens is 2. The Labute approximate surface area is 223 Å². The lowest BCUT2D eigenvalue weighted by Crippen LogP contribution is -2.44. The van der Waals surface area contributed by atoms with Crippen LogP contribution in [-0.2, 0) is 11.4 Å². The Morgan fingerprint density at radius 2 is 2.03 bits per heavy atom. The number of thiophene rings is 1. The lowest BCUT2D eigenvalue weighted by Gasteiger charge is -2.15. The molecule has 1 saturated heterocycles. The van der Waals surface area contributed by atoms with Crippen molar-refractivity contribution in [3.8, 4) is 11.5 Å². The molecule has 0 radical (unpaired) electrons. The third-order valence-electron chi connectivity index (χ3n) is 4.71. The van der Waals surface area contributed by atoms with Gasteiger partial charge in [0.25, 0.3) is 11.8 Å². The van der Waals surface area contributed by atoms with E-state index in [1.807, 2.05) is 6.92 Å². The number of carbonyl (C=O) groups is 2. The summed E-state index contributed by atoms with van der Waals surface area (Å²) in [5.41, 5.74) is 3.63. The van der Waals surface area contributed by atoms with Crippen LogP contribution in [0, 0.1) is 5.82 Å². The van der Waals surface area contributed by atoms with Gasteiger partial charge in [-0.15, -0.1) is 11.3 Å². The summed E-state index contributed by atoms with van der Waals surface area (Å²) in [6.45, 7) is 2.23. The number of thiocarbonyl (C=S) groups is 1. The van der Waals surface area contributed by atoms with Crippen molar-refractivity contribution in [1.82, 2.24) is 10.4 Å². The highest BCUT2D eigenvalue weighted by Gasteiger charge is 2.34. The molecule has 2 heterocycles. The molecule has 0 bridgehead atoms. The van der Waals surface area contributed by atoms with Crippen molar-refractivity contribution in [2.75, 3.05) is 6.61 Å². The van der Waals surface area contributed by atoms with Gasteiger partial charge < -0.3 is 9.47 Å². The van der Waals surface area contributed by atoms with Gasteiger partial charge in [-0.2, -0.15) is 5.01 Å². The fourth-order valence-electron chi connectivity index (χ4n) is 3.12. The zero-order valence-electron chi connectivity index (χ0n) is 18.2. The molecule has 0 unspecified atom stereocenters. The molecule has 2 amide bonds. The minimum Gasteiger partial charge on any atom is -0.490 e. The number of hydrazine groups is 1. The summed E-state index contributed by atoms with van der Waals surface area (Å²) in [6.07, 6.45) is 1.66. The van der Waals surface area contributed by atoms with Gasteiger partial charge in [0, 0.05) is 5.56 Å². The molecule has 2 aromatic carbocycles. The van der Waals surface area contributed by atoms with Gasteiger partial charge in [-0.1, -0.05) is 36.0 Å². The van der Waals surface area contributed by atoms with Crippen molar-refractivity contribution in [3.63, 3.8) is 0 Å². The first-order chi connectivity index (χ1) is 16.9. The number of ether oxygens (including phenoxy) is 2. The summed E-state index contributed by atoms with van der Waals surface area (Å²) < 4.78 is 26.4. The van der Waals surface area contributed by atoms with E-state index in [-0.39, 0.29) is 16.7 Å². The standard InChI is InChI=1S/C24H18BrFN2O4S3/c1-2-31-18-11-14(10-16(25)21(18)32-13-15-6-3-4-7-17(15)26)12-20-23(30)28(24(33)35-20)27-22(29)19-8-5-9-34-19/h3-12H,2,13H2,1H3,(H,27,29)/b20-12-. The first-order valence-electron chi connectivity index (χ1n) is 10.3. The Hall–Kier alpha value is -2.73. The van der Waals surface area contributed by atoms with Crippen LogP contribution in [0.25, 0.3) is 6.08 Å². The molecule has 1 aromatic heterocycles. The number of amides is 2. The predicted octanol–water partition coefficient (Wildman–Crippen LogP) is 6.17. The van der Waals surface area contributed by atoms with Crippen molar-refractivity contribution in [3.05, 3.63) is 85.1 Å². The third-order valence-corrected chi connectivity index (χ3v) is 7.47. The summed E-state index contributed by atoms with van der Waals surface area (Å²) in [6, 6.07) is 13.3. The van der Waals surface area contributed by atoms with E-state index in [4.69, 9.17) is 21.7 Å². The van der Waals surface area contributed by atoms with Crippen LogP contribution in [0.2, 0.25) is 0 Å². The molecule has 3 aromatic rings. The van der Waals surface area contributed by atoms with Gasteiger partial charge >= 0.3 is 0 Å². The second-order valence-electron chi connectivity index (χ2n) is 7.08. The van der Waals surface area contributed by atoms with Gasteiger partial charge in [-0.05, 0) is 76.4 Å². The molecule has 1 N–H and O–H groups in total. The molecular weight excluding hydrogens is 575 g/mol. The van der Waals surface area contributed by atoms with Crippen LogP contribution in [0.15, 0.2) is 63.3 Å². The summed E-state index contributed by atoms with van der Waals surface area (Å²) >= 11 is 11.1. The number of thioether (sulfide) groups is 1. The highest BCUT2D eigenvalue weighted by molar-refractivity contribution is 9.10. The summed E-state index contributed by atoms with van der Waals surface area (Å²) in [7, 11) is 0. The Morgan fingerprint density at radius 1 is 1.23 bits per heavy atom. The van der Waals surface area contributed by atoms with Crippen molar-refractivity contribution in [2.24, 2.45) is 0 Å². The van der Waals surface area contributed by atoms with Gasteiger partial charge in [0.15, 0.2) is 15.8 Å². The first kappa shape index (κ1) is 25.4. The normalized spacial score (nSPS) is 14.5. The molecule has 1 fully saturated rings. The second-order valence-corrected chi connectivity index (χ2v) is 10.6. The van der Waals surface area contributed by atoms with Gasteiger partial charge in [0.05, 0.1) is 20.9 Å². The highest BCUT2D eigenvalue weighted by Crippen LogP contribution is 2.39. The minimum atomic E-state index is -0.432. The maximum Gasteiger partial charge on any atom is 0.285 e. The van der Waals surface area contributed by atoms with Crippen molar-refractivity contribution in [2.45, 2.75) is 13.5 Å². The smallest absolute Gasteiger partial charge is 0.285 e. The van der Waals surface area contributed by atoms with Crippen LogP contribution in [0.5, 0.6) is 11.5 Å². The zero-order valence-corrected chi connectivity index (χ0v) is 22.3. The van der Waals surface area contributed by atoms with Gasteiger partial charge in [-0.3, -0.25) is 15.0 Å². The Morgan fingerprint density at radius 3 is 2.74 bits per heavy atom. The van der Waals surface area contributed by atoms with E-state index in [1.54, 1.807) is 53.9 Å². The molecule has 0 spiro atoms. The number of nitrogens with one attached hydrogen (secondary N) is 1. The SMILES string of the molecule is CCOc1cc(/C=C2\SC(=S)N(NC(=O)c3cccs3)C2=O)cc(Br)c1OCc1ccccc1F. The number of benzene rings is 2. The van der Waals surface area contributed by atoms with E-state index >= 15 is 0 Å². The molecule has 0 atom stereocenters. The molecule has 1 aliphatic heterocycles. The van der Waals surface area contributed by atoms with Crippen LogP contribution in [0.4, 0.5) is 4.39 Å². The van der Waals surface area contributed by atoms with E-state index < -0.39 is 11.8 Å². The Bertz CT molecular complexity index is 1310. The highest BCUT2D eigenvalue weighted by atomic mass is 79.9. The summed E-state index contributed by atoms with van der Waals surface area (Å²) in [5.74, 6) is -0.338. The predicted molar refractivity (Wildman–Crippen MR) is 143 cm³/mol. The average Bonchev–Trinajstić information content (AvgIpc) is 3.45. The van der Waals surface area contributed by atoms with E-state index in [0.29, 0.717) is 43.5 Å². The van der Waals surface area contributed by atoms with Gasteiger partial charge in [0.2, 0.25) is 0 Å². The molecule has 180 valence electrons. The third kappa shape index (κ3) is 5.92. The number of carbonyl (C=O) groups excluding carboxylic acids is 2. The van der Waals surface area contributed by atoms with Gasteiger partial charge in [0.1, 0.15) is 12.4 Å². The van der Waals surface area contributed by atoms with E-state index in [1.165, 1.54) is 17.4 Å². The molecule has 1 aliphatic rings. The van der Waals surface area contributed by atoms with Crippen LogP contribution in [0.1, 0.15) is 27.7 Å². The first-order valence-corrected chi connectivity index (χ1v) is 13.2. The number of hydrogen-bond donors (Lipinski definition) is 1. The van der Waals surface area contributed by atoms with E-state index in [9.17, 15) is 14.0 Å². The lowest BCUT2D eigenvalue weighted by molar-refractivity contribution is -0.123. The van der Waals surface area contributed by atoms with Crippen molar-refractivity contribution >= 4 is 73.5 Å². The minimum absolute atomic E-state index is 0.0211. The lowest BCUT2D eigenvalue weighted by atomic mass is 10.1. The molecule has 0 aliphatic carbocycles. The van der Waals surface area contributed by atoms with E-state index in [0.717, 1.165) is 16.8 Å². The number of rotatable bonds is 8. The van der Waals surface area contributed by atoms with Crippen LogP contribution in [0.3, 0.4) is 0 Å². The molecular formula is C24H18BrFN2O4S3. The molecule has 35 heavy (non-hydrogen) atoms. The van der Waals surface area contributed by atoms with Crippen LogP contribution in [-0.4, -0.2) is 27.8 Å². The molecule has 11 heteroatoms. The molecule has 6 nitrogen and oxygen atoms in total. The number of nitrogens with zero attached hydrogens (tertiary/aromatic N) is 1. The van der Waals surface area contributed by atoms with Crippen molar-refractivity contribution < 1.29 is 23.5 Å². The largest absolute Gasteiger partial charge is 0.490 e. The Balaban J connectivity index is 1.55. The topological polar surface area (TPSA) is 67.9 Å². The quantitative estimate of drug-likeness (QED) is 0.249. The summed E-state index contributed by atoms with van der Waals surface area (Å²) in [4.78, 5) is 26.1. The van der Waals surface area contributed by atoms with Gasteiger partial charge in [-0.25, -0.2) is 4.39 Å². The molecule has 0 saturated carbocycles. The summed E-state index contributed by atoms with van der Waals surface area (Å²) in [5, 5.41) is 2.84. The van der Waals surface area contributed by atoms with Crippen LogP contribution >= 0.6 is 51.2 Å². The fraction of sp³-hybridized carbons (Fsp3) is 0.125.